The lowest BCUT2D eigenvalue weighted by molar-refractivity contribution is 0.201. The molecule has 16 heavy (non-hydrogen) atoms. The summed E-state index contributed by atoms with van der Waals surface area (Å²) in [7, 11) is 0. The zero-order valence-corrected chi connectivity index (χ0v) is 10.8. The molecule has 1 heterocycles. The van der Waals surface area contributed by atoms with Crippen LogP contribution in [0.4, 0.5) is 0 Å². The second kappa shape index (κ2) is 5.25. The van der Waals surface area contributed by atoms with Gasteiger partial charge in [-0.15, -0.1) is 11.3 Å². The maximum Gasteiger partial charge on any atom is 0.0798 e. The summed E-state index contributed by atoms with van der Waals surface area (Å²) in [5, 5.41) is 12.9. The molecule has 1 aliphatic carbocycles. The van der Waals surface area contributed by atoms with Gasteiger partial charge in [-0.1, -0.05) is 6.42 Å². The van der Waals surface area contributed by atoms with Gasteiger partial charge >= 0.3 is 0 Å². The SMILES string of the molecule is Cc1ncsc1C(C)NC1CCCC1CO. The second-order valence-electron chi connectivity index (χ2n) is 4.67. The molecule has 0 aliphatic heterocycles. The molecule has 1 saturated carbocycles. The van der Waals surface area contributed by atoms with Crippen molar-refractivity contribution in [2.45, 2.75) is 45.2 Å². The van der Waals surface area contributed by atoms with E-state index >= 15 is 0 Å². The van der Waals surface area contributed by atoms with E-state index in [0.29, 0.717) is 24.6 Å². The zero-order valence-electron chi connectivity index (χ0n) is 9.94. The smallest absolute Gasteiger partial charge is 0.0798 e. The van der Waals surface area contributed by atoms with Gasteiger partial charge in [0.1, 0.15) is 0 Å². The summed E-state index contributed by atoms with van der Waals surface area (Å²) < 4.78 is 0. The molecule has 0 spiro atoms. The van der Waals surface area contributed by atoms with Gasteiger partial charge in [0.15, 0.2) is 0 Å². The highest BCUT2D eigenvalue weighted by Crippen LogP contribution is 2.29. The van der Waals surface area contributed by atoms with Crippen LogP contribution in [-0.4, -0.2) is 22.7 Å². The maximum atomic E-state index is 9.28. The zero-order chi connectivity index (χ0) is 11.5. The van der Waals surface area contributed by atoms with Crippen molar-refractivity contribution in [3.05, 3.63) is 16.1 Å². The lowest BCUT2D eigenvalue weighted by Gasteiger charge is -2.23. The van der Waals surface area contributed by atoms with Crippen LogP contribution in [-0.2, 0) is 0 Å². The first-order chi connectivity index (χ1) is 7.72. The van der Waals surface area contributed by atoms with Crippen LogP contribution in [0.2, 0.25) is 0 Å². The summed E-state index contributed by atoms with van der Waals surface area (Å²) in [5.41, 5.74) is 3.03. The van der Waals surface area contributed by atoms with Crippen molar-refractivity contribution in [3.8, 4) is 0 Å². The van der Waals surface area contributed by atoms with E-state index in [2.05, 4.69) is 24.1 Å². The van der Waals surface area contributed by atoms with Crippen molar-refractivity contribution in [3.63, 3.8) is 0 Å². The number of rotatable bonds is 4. The molecule has 4 heteroatoms. The molecule has 1 fully saturated rings. The van der Waals surface area contributed by atoms with Crippen molar-refractivity contribution in [2.75, 3.05) is 6.61 Å². The fourth-order valence-corrected chi connectivity index (χ4v) is 3.42. The highest BCUT2D eigenvalue weighted by atomic mass is 32.1. The third-order valence-corrected chi connectivity index (χ3v) is 4.65. The number of aromatic nitrogens is 1. The van der Waals surface area contributed by atoms with Crippen molar-refractivity contribution < 1.29 is 5.11 Å². The molecule has 0 bridgehead atoms. The van der Waals surface area contributed by atoms with Crippen molar-refractivity contribution in [2.24, 2.45) is 5.92 Å². The highest BCUT2D eigenvalue weighted by Gasteiger charge is 2.28. The number of nitrogens with zero attached hydrogens (tertiary/aromatic N) is 1. The summed E-state index contributed by atoms with van der Waals surface area (Å²) in [6.45, 7) is 4.56. The summed E-state index contributed by atoms with van der Waals surface area (Å²) in [6, 6.07) is 0.825. The van der Waals surface area contributed by atoms with E-state index in [1.54, 1.807) is 11.3 Å². The molecular formula is C12H20N2OS. The minimum Gasteiger partial charge on any atom is -0.396 e. The highest BCUT2D eigenvalue weighted by molar-refractivity contribution is 7.09. The first-order valence-corrected chi connectivity index (χ1v) is 6.87. The Morgan fingerprint density at radius 2 is 2.44 bits per heavy atom. The third-order valence-electron chi connectivity index (χ3n) is 3.53. The molecule has 1 aromatic heterocycles. The first-order valence-electron chi connectivity index (χ1n) is 5.99. The Kier molecular flexibility index (Phi) is 3.95. The number of thiazole rings is 1. The maximum absolute atomic E-state index is 9.28. The van der Waals surface area contributed by atoms with Gasteiger partial charge < -0.3 is 10.4 Å². The van der Waals surface area contributed by atoms with Crippen LogP contribution in [0.3, 0.4) is 0 Å². The lowest BCUT2D eigenvalue weighted by atomic mass is 10.0. The largest absolute Gasteiger partial charge is 0.396 e. The predicted octanol–water partition coefficient (Wildman–Crippen LogP) is 2.26. The minimum atomic E-state index is 0.312. The molecule has 3 nitrogen and oxygen atoms in total. The summed E-state index contributed by atoms with van der Waals surface area (Å²) >= 11 is 1.71. The van der Waals surface area contributed by atoms with Crippen LogP contribution >= 0.6 is 11.3 Å². The van der Waals surface area contributed by atoms with Crippen LogP contribution < -0.4 is 5.32 Å². The number of aryl methyl sites for hydroxylation is 1. The third kappa shape index (κ3) is 2.44. The Labute approximate surface area is 101 Å². The Morgan fingerprint density at radius 3 is 3.06 bits per heavy atom. The molecule has 3 unspecified atom stereocenters. The normalized spacial score (nSPS) is 27.2. The summed E-state index contributed by atoms with van der Waals surface area (Å²) in [6.07, 6.45) is 3.58. The van der Waals surface area contributed by atoms with E-state index in [4.69, 9.17) is 0 Å². The van der Waals surface area contributed by atoms with E-state index in [-0.39, 0.29) is 0 Å². The van der Waals surface area contributed by atoms with Crippen LogP contribution in [0.15, 0.2) is 5.51 Å². The van der Waals surface area contributed by atoms with Gasteiger partial charge in [-0.25, -0.2) is 4.98 Å². The molecule has 0 saturated heterocycles. The molecule has 1 aliphatic rings. The molecule has 3 atom stereocenters. The number of aliphatic hydroxyl groups is 1. The summed E-state index contributed by atoms with van der Waals surface area (Å²) in [4.78, 5) is 5.60. The van der Waals surface area contributed by atoms with E-state index in [1.165, 1.54) is 17.7 Å². The number of nitrogens with one attached hydrogen (secondary N) is 1. The van der Waals surface area contributed by atoms with Gasteiger partial charge in [0.25, 0.3) is 0 Å². The summed E-state index contributed by atoms with van der Waals surface area (Å²) in [5.74, 6) is 0.440. The topological polar surface area (TPSA) is 45.2 Å². The fraction of sp³-hybridized carbons (Fsp3) is 0.750. The van der Waals surface area contributed by atoms with Crippen LogP contribution in [0.5, 0.6) is 0 Å². The molecule has 2 N–H and O–H groups in total. The van der Waals surface area contributed by atoms with Gasteiger partial charge in [0.05, 0.1) is 11.2 Å². The average Bonchev–Trinajstić information content (AvgIpc) is 2.86. The quantitative estimate of drug-likeness (QED) is 0.848. The Morgan fingerprint density at radius 1 is 1.62 bits per heavy atom. The van der Waals surface area contributed by atoms with Gasteiger partial charge in [-0.2, -0.15) is 0 Å². The van der Waals surface area contributed by atoms with E-state index < -0.39 is 0 Å². The van der Waals surface area contributed by atoms with Gasteiger partial charge in [-0.3, -0.25) is 0 Å². The van der Waals surface area contributed by atoms with Crippen molar-refractivity contribution in [1.29, 1.82) is 0 Å². The molecular weight excluding hydrogens is 220 g/mol. The molecule has 0 radical (unpaired) electrons. The molecule has 1 aromatic rings. The Bertz CT molecular complexity index is 340. The second-order valence-corrected chi connectivity index (χ2v) is 5.56. The minimum absolute atomic E-state index is 0.312. The molecule has 0 amide bonds. The Balaban J connectivity index is 1.97. The fourth-order valence-electron chi connectivity index (χ4n) is 2.60. The monoisotopic (exact) mass is 240 g/mol. The lowest BCUT2D eigenvalue weighted by Crippen LogP contribution is -2.35. The predicted molar refractivity (Wildman–Crippen MR) is 66.6 cm³/mol. The molecule has 2 rings (SSSR count). The van der Waals surface area contributed by atoms with Crippen LogP contribution in [0, 0.1) is 12.8 Å². The van der Waals surface area contributed by atoms with Gasteiger partial charge in [0, 0.05) is 23.6 Å². The van der Waals surface area contributed by atoms with Crippen molar-refractivity contribution in [1.82, 2.24) is 10.3 Å². The van der Waals surface area contributed by atoms with E-state index in [0.717, 1.165) is 12.1 Å². The molecule has 90 valence electrons. The average molecular weight is 240 g/mol. The van der Waals surface area contributed by atoms with E-state index in [1.807, 2.05) is 5.51 Å². The Hall–Kier alpha value is -0.450. The number of aliphatic hydroxyl groups excluding tert-OH is 1. The van der Waals surface area contributed by atoms with Gasteiger partial charge in [0.2, 0.25) is 0 Å². The van der Waals surface area contributed by atoms with Crippen LogP contribution in [0.25, 0.3) is 0 Å². The van der Waals surface area contributed by atoms with Gasteiger partial charge in [-0.05, 0) is 32.6 Å². The standard InChI is InChI=1S/C12H20N2OS/c1-8-12(16-7-13-8)9(2)14-11-5-3-4-10(11)6-15/h7,9-11,14-15H,3-6H2,1-2H3. The van der Waals surface area contributed by atoms with Crippen LogP contribution in [0.1, 0.15) is 42.8 Å². The van der Waals surface area contributed by atoms with Crippen molar-refractivity contribution >= 4 is 11.3 Å². The number of hydrogen-bond donors (Lipinski definition) is 2. The first kappa shape index (κ1) is 12.0. The van der Waals surface area contributed by atoms with E-state index in [9.17, 15) is 5.11 Å². The molecule has 0 aromatic carbocycles. The number of hydrogen-bond acceptors (Lipinski definition) is 4.